The van der Waals surface area contributed by atoms with E-state index in [1.165, 1.54) is 25.8 Å². The summed E-state index contributed by atoms with van der Waals surface area (Å²) in [6, 6.07) is 7.19. The molecular weight excluding hydrogens is 248 g/mol. The molecule has 0 aliphatic carbocycles. The first-order valence-corrected chi connectivity index (χ1v) is 6.01. The van der Waals surface area contributed by atoms with Crippen molar-refractivity contribution in [2.24, 2.45) is 0 Å². The molecule has 1 aromatic carbocycles. The standard InChI is InChI=1S/C11H13ClO3S/c1-11(14,10(13)15-2)7-16-9-5-3-8(12)4-6-9/h3-6,14H,7H2,1-2H3/t11-/m0/s1. The molecule has 0 fully saturated rings. The maximum absolute atomic E-state index is 11.2. The fourth-order valence-corrected chi connectivity index (χ4v) is 2.05. The van der Waals surface area contributed by atoms with E-state index in [9.17, 15) is 9.90 Å². The van der Waals surface area contributed by atoms with E-state index in [1.807, 2.05) is 12.1 Å². The van der Waals surface area contributed by atoms with E-state index >= 15 is 0 Å². The fourth-order valence-electron chi connectivity index (χ4n) is 1.03. The summed E-state index contributed by atoms with van der Waals surface area (Å²) in [4.78, 5) is 12.1. The summed E-state index contributed by atoms with van der Waals surface area (Å²) in [6.07, 6.45) is 0. The van der Waals surface area contributed by atoms with Crippen molar-refractivity contribution in [2.75, 3.05) is 12.9 Å². The van der Waals surface area contributed by atoms with Crippen LogP contribution in [0, 0.1) is 0 Å². The molecule has 1 rings (SSSR count). The molecule has 88 valence electrons. The van der Waals surface area contributed by atoms with Gasteiger partial charge in [-0.25, -0.2) is 4.79 Å². The SMILES string of the molecule is COC(=O)[C@@](C)(O)CSc1ccc(Cl)cc1. The summed E-state index contributed by atoms with van der Waals surface area (Å²) in [5.41, 5.74) is -1.47. The second-order valence-electron chi connectivity index (χ2n) is 3.51. The highest BCUT2D eigenvalue weighted by atomic mass is 35.5. The van der Waals surface area contributed by atoms with Gasteiger partial charge in [-0.15, -0.1) is 11.8 Å². The number of aliphatic hydroxyl groups is 1. The Bertz CT molecular complexity index is 362. The summed E-state index contributed by atoms with van der Waals surface area (Å²) < 4.78 is 4.50. The molecule has 0 unspecified atom stereocenters. The molecule has 0 saturated carbocycles. The molecule has 5 heteroatoms. The van der Waals surface area contributed by atoms with Crippen LogP contribution in [0.4, 0.5) is 0 Å². The van der Waals surface area contributed by atoms with Crippen molar-refractivity contribution in [2.45, 2.75) is 17.4 Å². The maximum atomic E-state index is 11.2. The molecule has 3 nitrogen and oxygen atoms in total. The van der Waals surface area contributed by atoms with E-state index in [0.717, 1.165) is 4.90 Å². The number of benzene rings is 1. The lowest BCUT2D eigenvalue weighted by Crippen LogP contribution is -2.38. The molecule has 16 heavy (non-hydrogen) atoms. The highest BCUT2D eigenvalue weighted by Crippen LogP contribution is 2.24. The van der Waals surface area contributed by atoms with Crippen molar-refractivity contribution >= 4 is 29.3 Å². The van der Waals surface area contributed by atoms with Crippen LogP contribution < -0.4 is 0 Å². The second-order valence-corrected chi connectivity index (χ2v) is 4.99. The van der Waals surface area contributed by atoms with Crippen LogP contribution in [-0.4, -0.2) is 29.5 Å². The van der Waals surface area contributed by atoms with Gasteiger partial charge >= 0.3 is 5.97 Å². The second kappa shape index (κ2) is 5.57. The zero-order valence-electron chi connectivity index (χ0n) is 9.07. The van der Waals surface area contributed by atoms with Crippen LogP contribution in [0.3, 0.4) is 0 Å². The average molecular weight is 261 g/mol. The van der Waals surface area contributed by atoms with Gasteiger partial charge in [0.15, 0.2) is 5.60 Å². The summed E-state index contributed by atoms with van der Waals surface area (Å²) in [6.45, 7) is 1.43. The number of rotatable bonds is 4. The molecule has 1 N–H and O–H groups in total. The summed E-state index contributed by atoms with van der Waals surface area (Å²) in [7, 11) is 1.25. The van der Waals surface area contributed by atoms with Crippen LogP contribution in [-0.2, 0) is 9.53 Å². The Morgan fingerprint density at radius 1 is 1.50 bits per heavy atom. The predicted molar refractivity (Wildman–Crippen MR) is 64.8 cm³/mol. The lowest BCUT2D eigenvalue weighted by molar-refractivity contribution is -0.158. The maximum Gasteiger partial charge on any atom is 0.338 e. The van der Waals surface area contributed by atoms with Crippen molar-refractivity contribution in [1.29, 1.82) is 0 Å². The van der Waals surface area contributed by atoms with E-state index in [2.05, 4.69) is 4.74 Å². The summed E-state index contributed by atoms with van der Waals surface area (Å²) in [5.74, 6) is -0.393. The highest BCUT2D eigenvalue weighted by molar-refractivity contribution is 7.99. The summed E-state index contributed by atoms with van der Waals surface area (Å²) >= 11 is 7.11. The number of esters is 1. The van der Waals surface area contributed by atoms with E-state index in [0.29, 0.717) is 5.02 Å². The lowest BCUT2D eigenvalue weighted by atomic mass is 10.1. The average Bonchev–Trinajstić information content (AvgIpc) is 2.27. The Kier molecular flexibility index (Phi) is 4.65. The number of thioether (sulfide) groups is 1. The Morgan fingerprint density at radius 2 is 2.06 bits per heavy atom. The zero-order valence-corrected chi connectivity index (χ0v) is 10.6. The molecule has 0 aliphatic rings. The van der Waals surface area contributed by atoms with Gasteiger partial charge in [0.2, 0.25) is 0 Å². The van der Waals surface area contributed by atoms with Crippen molar-refractivity contribution in [3.63, 3.8) is 0 Å². The predicted octanol–water partition coefficient (Wildman–Crippen LogP) is 2.36. The minimum absolute atomic E-state index is 0.237. The molecule has 0 spiro atoms. The number of carbonyl (C=O) groups is 1. The van der Waals surface area contributed by atoms with Gasteiger partial charge in [0.25, 0.3) is 0 Å². The molecule has 0 heterocycles. The van der Waals surface area contributed by atoms with Gasteiger partial charge < -0.3 is 9.84 Å². The molecule has 1 aromatic rings. The molecule has 0 aromatic heterocycles. The van der Waals surface area contributed by atoms with Crippen LogP contribution >= 0.6 is 23.4 Å². The minimum Gasteiger partial charge on any atom is -0.467 e. The van der Waals surface area contributed by atoms with Gasteiger partial charge in [0.05, 0.1) is 7.11 Å². The first kappa shape index (κ1) is 13.4. The molecule has 1 atom stereocenters. The van der Waals surface area contributed by atoms with Crippen LogP contribution in [0.25, 0.3) is 0 Å². The monoisotopic (exact) mass is 260 g/mol. The molecule has 0 amide bonds. The number of hydrogen-bond acceptors (Lipinski definition) is 4. The molecule has 0 radical (unpaired) electrons. The Balaban J connectivity index is 2.57. The van der Waals surface area contributed by atoms with Gasteiger partial charge in [-0.05, 0) is 31.2 Å². The van der Waals surface area contributed by atoms with Crippen LogP contribution in [0.2, 0.25) is 5.02 Å². The van der Waals surface area contributed by atoms with Gasteiger partial charge in [0, 0.05) is 15.7 Å². The number of carbonyl (C=O) groups excluding carboxylic acids is 1. The first-order valence-electron chi connectivity index (χ1n) is 4.65. The first-order chi connectivity index (χ1) is 7.45. The van der Waals surface area contributed by atoms with Gasteiger partial charge in [0.1, 0.15) is 0 Å². The molecular formula is C11H13ClO3S. The lowest BCUT2D eigenvalue weighted by Gasteiger charge is -2.19. The largest absolute Gasteiger partial charge is 0.467 e. The smallest absolute Gasteiger partial charge is 0.338 e. The van der Waals surface area contributed by atoms with Crippen molar-refractivity contribution in [3.8, 4) is 0 Å². The van der Waals surface area contributed by atoms with Crippen molar-refractivity contribution in [1.82, 2.24) is 0 Å². The van der Waals surface area contributed by atoms with Crippen LogP contribution in [0.5, 0.6) is 0 Å². The van der Waals surface area contributed by atoms with E-state index in [-0.39, 0.29) is 5.75 Å². The molecule has 0 aliphatic heterocycles. The fraction of sp³-hybridized carbons (Fsp3) is 0.364. The number of ether oxygens (including phenoxy) is 1. The quantitative estimate of drug-likeness (QED) is 0.667. The zero-order chi connectivity index (χ0) is 12.2. The van der Waals surface area contributed by atoms with Gasteiger partial charge in [-0.2, -0.15) is 0 Å². The van der Waals surface area contributed by atoms with E-state index in [4.69, 9.17) is 11.6 Å². The topological polar surface area (TPSA) is 46.5 Å². The van der Waals surface area contributed by atoms with Crippen LogP contribution in [0.1, 0.15) is 6.92 Å². The van der Waals surface area contributed by atoms with E-state index in [1.54, 1.807) is 12.1 Å². The third-order valence-electron chi connectivity index (χ3n) is 1.96. The third-order valence-corrected chi connectivity index (χ3v) is 3.52. The number of methoxy groups -OCH3 is 1. The Morgan fingerprint density at radius 3 is 2.56 bits per heavy atom. The Labute approximate surface area is 104 Å². The normalized spacial score (nSPS) is 14.2. The van der Waals surface area contributed by atoms with Crippen LogP contribution in [0.15, 0.2) is 29.2 Å². The molecule has 0 bridgehead atoms. The van der Waals surface area contributed by atoms with Crippen molar-refractivity contribution < 1.29 is 14.6 Å². The Hall–Kier alpha value is -0.710. The third kappa shape index (κ3) is 3.70. The highest BCUT2D eigenvalue weighted by Gasteiger charge is 2.31. The van der Waals surface area contributed by atoms with Crippen molar-refractivity contribution in [3.05, 3.63) is 29.3 Å². The number of hydrogen-bond donors (Lipinski definition) is 1. The summed E-state index contributed by atoms with van der Waals surface area (Å²) in [5, 5.41) is 10.4. The number of halogens is 1. The van der Waals surface area contributed by atoms with E-state index < -0.39 is 11.6 Å². The molecule has 0 saturated heterocycles. The van der Waals surface area contributed by atoms with Gasteiger partial charge in [-0.3, -0.25) is 0 Å². The minimum atomic E-state index is -1.47. The van der Waals surface area contributed by atoms with Gasteiger partial charge in [-0.1, -0.05) is 11.6 Å².